The molecule has 1 aromatic rings. The highest BCUT2D eigenvalue weighted by Gasteiger charge is 2.17. The van der Waals surface area contributed by atoms with E-state index in [0.717, 1.165) is 17.1 Å². The molecule has 0 aliphatic rings. The fourth-order valence-corrected chi connectivity index (χ4v) is 3.51. The minimum absolute atomic E-state index is 0.0701. The average Bonchev–Trinajstić information content (AvgIpc) is 2.35. The molecule has 0 fully saturated rings. The summed E-state index contributed by atoms with van der Waals surface area (Å²) in [6.45, 7) is 4.19. The molecule has 0 spiro atoms. The Bertz CT molecular complexity index is 393. The number of hydrogen-bond donors (Lipinski definition) is 1. The average molecular weight is 269 g/mol. The van der Waals surface area contributed by atoms with Crippen molar-refractivity contribution in [3.05, 3.63) is 29.8 Å². The zero-order chi connectivity index (χ0) is 13.5. The molecule has 1 N–H and O–H groups in total. The maximum atomic E-state index is 12.0. The molecule has 0 saturated heterocycles. The van der Waals surface area contributed by atoms with Gasteiger partial charge in [-0.1, -0.05) is 32.0 Å². The van der Waals surface area contributed by atoms with E-state index in [4.69, 9.17) is 4.74 Å². The first-order chi connectivity index (χ1) is 8.58. The van der Waals surface area contributed by atoms with Gasteiger partial charge in [-0.2, -0.15) is 0 Å². The standard InChI is InChI=1S/C14H23NO2S/c1-11(2)9-18(16)10-13(15-3)12-7-5-6-8-14(12)17-4/h5-8,11,13,15H,9-10H2,1-4H3. The van der Waals surface area contributed by atoms with Crippen molar-refractivity contribution < 1.29 is 8.95 Å². The summed E-state index contributed by atoms with van der Waals surface area (Å²) in [5, 5.41) is 3.22. The predicted molar refractivity (Wildman–Crippen MR) is 77.5 cm³/mol. The number of methoxy groups -OCH3 is 1. The van der Waals surface area contributed by atoms with Crippen LogP contribution in [0.5, 0.6) is 5.75 Å². The van der Waals surface area contributed by atoms with Crippen LogP contribution in [0.4, 0.5) is 0 Å². The highest BCUT2D eigenvalue weighted by molar-refractivity contribution is 7.85. The fraction of sp³-hybridized carbons (Fsp3) is 0.571. The highest BCUT2D eigenvalue weighted by atomic mass is 32.2. The van der Waals surface area contributed by atoms with Gasteiger partial charge in [0.15, 0.2) is 0 Å². The van der Waals surface area contributed by atoms with Crippen molar-refractivity contribution in [3.8, 4) is 5.75 Å². The van der Waals surface area contributed by atoms with Crippen LogP contribution >= 0.6 is 0 Å². The summed E-state index contributed by atoms with van der Waals surface area (Å²) >= 11 is 0. The van der Waals surface area contributed by atoms with Crippen LogP contribution in [0.3, 0.4) is 0 Å². The highest BCUT2D eigenvalue weighted by Crippen LogP contribution is 2.25. The molecule has 0 heterocycles. The number of nitrogens with one attached hydrogen (secondary N) is 1. The third-order valence-corrected chi connectivity index (χ3v) is 4.48. The zero-order valence-corrected chi connectivity index (χ0v) is 12.4. The first-order valence-electron chi connectivity index (χ1n) is 6.23. The Balaban J connectivity index is 2.79. The van der Waals surface area contributed by atoms with Gasteiger partial charge in [-0.25, -0.2) is 0 Å². The number of benzene rings is 1. The van der Waals surface area contributed by atoms with E-state index in [-0.39, 0.29) is 6.04 Å². The molecule has 0 amide bonds. The first kappa shape index (κ1) is 15.2. The van der Waals surface area contributed by atoms with Gasteiger partial charge in [0.25, 0.3) is 0 Å². The van der Waals surface area contributed by atoms with Crippen molar-refractivity contribution in [3.63, 3.8) is 0 Å². The van der Waals surface area contributed by atoms with Crippen LogP contribution in [-0.4, -0.2) is 29.9 Å². The van der Waals surface area contributed by atoms with Gasteiger partial charge < -0.3 is 10.1 Å². The van der Waals surface area contributed by atoms with Gasteiger partial charge in [0.2, 0.25) is 0 Å². The smallest absolute Gasteiger partial charge is 0.123 e. The maximum absolute atomic E-state index is 12.0. The van der Waals surface area contributed by atoms with Crippen molar-refractivity contribution in [1.82, 2.24) is 5.32 Å². The third kappa shape index (κ3) is 4.42. The van der Waals surface area contributed by atoms with Crippen molar-refractivity contribution in [1.29, 1.82) is 0 Å². The van der Waals surface area contributed by atoms with E-state index < -0.39 is 10.8 Å². The van der Waals surface area contributed by atoms with E-state index in [9.17, 15) is 4.21 Å². The summed E-state index contributed by atoms with van der Waals surface area (Å²) in [5.74, 6) is 2.67. The lowest BCUT2D eigenvalue weighted by Crippen LogP contribution is -2.25. The van der Waals surface area contributed by atoms with Crippen molar-refractivity contribution in [2.24, 2.45) is 5.92 Å². The zero-order valence-electron chi connectivity index (χ0n) is 11.6. The molecule has 1 rings (SSSR count). The molecule has 0 aliphatic carbocycles. The Kier molecular flexibility index (Phi) is 6.36. The second kappa shape index (κ2) is 7.54. The number of ether oxygens (including phenoxy) is 1. The second-order valence-corrected chi connectivity index (χ2v) is 6.30. The minimum Gasteiger partial charge on any atom is -0.496 e. The van der Waals surface area contributed by atoms with Crippen LogP contribution in [-0.2, 0) is 10.8 Å². The first-order valence-corrected chi connectivity index (χ1v) is 7.72. The van der Waals surface area contributed by atoms with E-state index in [1.54, 1.807) is 7.11 Å². The summed E-state index contributed by atoms with van der Waals surface area (Å²) in [6, 6.07) is 7.95. The van der Waals surface area contributed by atoms with E-state index in [1.807, 2.05) is 31.3 Å². The summed E-state index contributed by atoms with van der Waals surface area (Å²) in [7, 11) is 2.75. The molecule has 0 bridgehead atoms. The van der Waals surface area contributed by atoms with Gasteiger partial charge in [-0.3, -0.25) is 4.21 Å². The summed E-state index contributed by atoms with van der Waals surface area (Å²) in [6.07, 6.45) is 0. The van der Waals surface area contributed by atoms with Crippen LogP contribution in [0.15, 0.2) is 24.3 Å². The molecule has 0 aromatic heterocycles. The lowest BCUT2D eigenvalue weighted by Gasteiger charge is -2.19. The Morgan fingerprint density at radius 3 is 2.50 bits per heavy atom. The van der Waals surface area contributed by atoms with Gasteiger partial charge in [-0.15, -0.1) is 0 Å². The van der Waals surface area contributed by atoms with E-state index >= 15 is 0 Å². The quantitative estimate of drug-likeness (QED) is 0.826. The lowest BCUT2D eigenvalue weighted by molar-refractivity contribution is 0.404. The Morgan fingerprint density at radius 1 is 1.28 bits per heavy atom. The molecule has 0 radical (unpaired) electrons. The fourth-order valence-electron chi connectivity index (χ4n) is 1.91. The molecule has 2 unspecified atom stereocenters. The molecule has 2 atom stereocenters. The Labute approximate surface area is 112 Å². The van der Waals surface area contributed by atoms with Gasteiger partial charge >= 0.3 is 0 Å². The topological polar surface area (TPSA) is 38.3 Å². The molecule has 0 aliphatic heterocycles. The van der Waals surface area contributed by atoms with Crippen molar-refractivity contribution in [2.45, 2.75) is 19.9 Å². The second-order valence-electron chi connectivity index (χ2n) is 4.75. The minimum atomic E-state index is -0.809. The monoisotopic (exact) mass is 269 g/mol. The van der Waals surface area contributed by atoms with Crippen LogP contribution in [0, 0.1) is 5.92 Å². The number of hydrogen-bond acceptors (Lipinski definition) is 3. The number of rotatable bonds is 7. The Morgan fingerprint density at radius 2 is 1.94 bits per heavy atom. The molecule has 102 valence electrons. The molecule has 1 aromatic carbocycles. The molecular formula is C14H23NO2S. The van der Waals surface area contributed by atoms with Crippen molar-refractivity contribution in [2.75, 3.05) is 25.7 Å². The molecule has 4 heteroatoms. The summed E-state index contributed by atoms with van der Waals surface area (Å²) < 4.78 is 17.4. The van der Waals surface area contributed by atoms with Gasteiger partial charge in [0.1, 0.15) is 5.75 Å². The predicted octanol–water partition coefficient (Wildman–Crippen LogP) is 2.36. The van der Waals surface area contributed by atoms with Crippen LogP contribution < -0.4 is 10.1 Å². The molecular weight excluding hydrogens is 246 g/mol. The molecule has 18 heavy (non-hydrogen) atoms. The van der Waals surface area contributed by atoms with Gasteiger partial charge in [0.05, 0.1) is 7.11 Å². The largest absolute Gasteiger partial charge is 0.496 e. The van der Waals surface area contributed by atoms with Crippen molar-refractivity contribution >= 4 is 10.8 Å². The summed E-state index contributed by atoms with van der Waals surface area (Å²) in [5.41, 5.74) is 1.07. The molecule has 3 nitrogen and oxygen atoms in total. The Hall–Kier alpha value is -0.870. The van der Waals surface area contributed by atoms with Gasteiger partial charge in [-0.05, 0) is 19.0 Å². The van der Waals surface area contributed by atoms with E-state index in [0.29, 0.717) is 11.7 Å². The van der Waals surface area contributed by atoms with Crippen LogP contribution in [0.1, 0.15) is 25.5 Å². The van der Waals surface area contributed by atoms with Crippen LogP contribution in [0.2, 0.25) is 0 Å². The SMILES string of the molecule is CNC(CS(=O)CC(C)C)c1ccccc1OC. The summed E-state index contributed by atoms with van der Waals surface area (Å²) in [4.78, 5) is 0. The normalized spacial score (nSPS) is 14.5. The van der Waals surface area contributed by atoms with E-state index in [2.05, 4.69) is 19.2 Å². The van der Waals surface area contributed by atoms with Gasteiger partial charge in [0, 0.05) is 33.9 Å². The third-order valence-electron chi connectivity index (χ3n) is 2.73. The van der Waals surface area contributed by atoms with E-state index in [1.165, 1.54) is 0 Å². The lowest BCUT2D eigenvalue weighted by atomic mass is 10.1. The van der Waals surface area contributed by atoms with Crippen LogP contribution in [0.25, 0.3) is 0 Å². The molecule has 0 saturated carbocycles. The number of para-hydroxylation sites is 1. The maximum Gasteiger partial charge on any atom is 0.123 e.